The maximum absolute atomic E-state index is 12.3. The van der Waals surface area contributed by atoms with Crippen LogP contribution in [0.5, 0.6) is 0 Å². The van der Waals surface area contributed by atoms with Crippen molar-refractivity contribution in [3.63, 3.8) is 0 Å². The normalized spacial score (nSPS) is 37.2. The molecule has 1 amide bonds. The van der Waals surface area contributed by atoms with Crippen LogP contribution >= 0.6 is 0 Å². The van der Waals surface area contributed by atoms with Crippen molar-refractivity contribution in [2.24, 2.45) is 5.92 Å². The van der Waals surface area contributed by atoms with Gasteiger partial charge in [-0.25, -0.2) is 0 Å². The van der Waals surface area contributed by atoms with Gasteiger partial charge < -0.3 is 15.7 Å². The topological polar surface area (TPSA) is 61.4 Å². The molecule has 3 N–H and O–H groups in total. The molecule has 2 aliphatic rings. The zero-order chi connectivity index (χ0) is 13.0. The number of aliphatic hydroxyl groups is 1. The van der Waals surface area contributed by atoms with Gasteiger partial charge in [-0.2, -0.15) is 0 Å². The van der Waals surface area contributed by atoms with E-state index >= 15 is 0 Å². The van der Waals surface area contributed by atoms with Crippen LogP contribution in [-0.4, -0.2) is 35.7 Å². The molecular formula is C14H26N2O2. The second-order valence-electron chi connectivity index (χ2n) is 6.13. The molecule has 1 saturated heterocycles. The fraction of sp³-hybridized carbons (Fsp3) is 0.929. The number of hydrogen-bond acceptors (Lipinski definition) is 3. The lowest BCUT2D eigenvalue weighted by molar-refractivity contribution is -0.127. The Kier molecular flexibility index (Phi) is 4.62. The smallest absolute Gasteiger partial charge is 0.237 e. The molecule has 4 nitrogen and oxygen atoms in total. The van der Waals surface area contributed by atoms with Crippen LogP contribution in [0.15, 0.2) is 0 Å². The van der Waals surface area contributed by atoms with Gasteiger partial charge in [-0.15, -0.1) is 0 Å². The molecule has 1 aliphatic heterocycles. The lowest BCUT2D eigenvalue weighted by Crippen LogP contribution is -2.58. The standard InChI is InChI=1S/C14H26N2O2/c1-11-5-4-7-14(9-11,10-17)16-13(18)12-6-2-3-8-15-12/h11-12,15,17H,2-10H2,1H3,(H,16,18). The van der Waals surface area contributed by atoms with E-state index in [0.29, 0.717) is 5.92 Å². The molecule has 18 heavy (non-hydrogen) atoms. The summed E-state index contributed by atoms with van der Waals surface area (Å²) < 4.78 is 0. The molecule has 2 fully saturated rings. The van der Waals surface area contributed by atoms with Crippen LogP contribution in [0, 0.1) is 5.92 Å². The highest BCUT2D eigenvalue weighted by Gasteiger charge is 2.37. The van der Waals surface area contributed by atoms with E-state index in [9.17, 15) is 9.90 Å². The van der Waals surface area contributed by atoms with Gasteiger partial charge in [0, 0.05) is 0 Å². The van der Waals surface area contributed by atoms with Gasteiger partial charge in [0.15, 0.2) is 0 Å². The van der Waals surface area contributed by atoms with E-state index in [4.69, 9.17) is 0 Å². The average Bonchev–Trinajstić information content (AvgIpc) is 2.39. The Morgan fingerprint density at radius 3 is 2.83 bits per heavy atom. The quantitative estimate of drug-likeness (QED) is 0.709. The van der Waals surface area contributed by atoms with E-state index in [2.05, 4.69) is 17.6 Å². The highest BCUT2D eigenvalue weighted by atomic mass is 16.3. The van der Waals surface area contributed by atoms with Crippen LogP contribution in [-0.2, 0) is 4.79 Å². The molecule has 1 aliphatic carbocycles. The molecule has 0 aromatic rings. The highest BCUT2D eigenvalue weighted by Crippen LogP contribution is 2.32. The lowest BCUT2D eigenvalue weighted by Gasteiger charge is -2.40. The van der Waals surface area contributed by atoms with E-state index in [-0.39, 0.29) is 24.1 Å². The summed E-state index contributed by atoms with van der Waals surface area (Å²) in [6.45, 7) is 3.20. The van der Waals surface area contributed by atoms with E-state index < -0.39 is 0 Å². The van der Waals surface area contributed by atoms with Crippen molar-refractivity contribution in [2.45, 2.75) is 63.5 Å². The molecule has 104 valence electrons. The van der Waals surface area contributed by atoms with Crippen molar-refractivity contribution in [1.29, 1.82) is 0 Å². The third-order valence-corrected chi connectivity index (χ3v) is 4.41. The number of carbonyl (C=O) groups excluding carboxylic acids is 1. The molecule has 0 aromatic carbocycles. The van der Waals surface area contributed by atoms with Crippen molar-refractivity contribution in [3.8, 4) is 0 Å². The number of hydrogen-bond donors (Lipinski definition) is 3. The summed E-state index contributed by atoms with van der Waals surface area (Å²) in [5.74, 6) is 0.670. The van der Waals surface area contributed by atoms with Gasteiger partial charge in [0.05, 0.1) is 18.2 Å². The monoisotopic (exact) mass is 254 g/mol. The van der Waals surface area contributed by atoms with E-state index in [0.717, 1.165) is 45.1 Å². The van der Waals surface area contributed by atoms with Crippen molar-refractivity contribution in [3.05, 3.63) is 0 Å². The molecule has 0 spiro atoms. The molecule has 3 unspecified atom stereocenters. The largest absolute Gasteiger partial charge is 0.394 e. The van der Waals surface area contributed by atoms with Gasteiger partial charge >= 0.3 is 0 Å². The molecule has 0 aromatic heterocycles. The number of carbonyl (C=O) groups is 1. The Bertz CT molecular complexity index is 290. The Balaban J connectivity index is 1.94. The Labute approximate surface area is 110 Å². The van der Waals surface area contributed by atoms with Gasteiger partial charge in [-0.1, -0.05) is 26.2 Å². The summed E-state index contributed by atoms with van der Waals surface area (Å²) in [6, 6.07) is -0.0561. The van der Waals surface area contributed by atoms with E-state index in [1.807, 2.05) is 0 Å². The van der Waals surface area contributed by atoms with Crippen LogP contribution in [0.25, 0.3) is 0 Å². The Morgan fingerprint density at radius 1 is 1.39 bits per heavy atom. The first-order valence-electron chi connectivity index (χ1n) is 7.31. The van der Waals surface area contributed by atoms with Gasteiger partial charge in [0.2, 0.25) is 5.91 Å². The minimum absolute atomic E-state index is 0.0561. The fourth-order valence-corrected chi connectivity index (χ4v) is 3.38. The summed E-state index contributed by atoms with van der Waals surface area (Å²) in [6.07, 6.45) is 7.32. The maximum Gasteiger partial charge on any atom is 0.237 e. The number of nitrogens with one attached hydrogen (secondary N) is 2. The molecular weight excluding hydrogens is 228 g/mol. The van der Waals surface area contributed by atoms with Crippen LogP contribution in [0.4, 0.5) is 0 Å². The van der Waals surface area contributed by atoms with E-state index in [1.54, 1.807) is 0 Å². The predicted octanol–water partition coefficient (Wildman–Crippen LogP) is 1.19. The van der Waals surface area contributed by atoms with Gasteiger partial charge in [0.1, 0.15) is 0 Å². The summed E-state index contributed by atoms with van der Waals surface area (Å²) >= 11 is 0. The number of rotatable bonds is 3. The molecule has 2 rings (SSSR count). The first-order chi connectivity index (χ1) is 8.65. The second kappa shape index (κ2) is 6.02. The minimum Gasteiger partial charge on any atom is -0.394 e. The zero-order valence-corrected chi connectivity index (χ0v) is 11.4. The molecule has 1 saturated carbocycles. The van der Waals surface area contributed by atoms with Crippen LogP contribution in [0.1, 0.15) is 51.9 Å². The maximum atomic E-state index is 12.3. The summed E-state index contributed by atoms with van der Waals surface area (Å²) in [7, 11) is 0. The average molecular weight is 254 g/mol. The molecule has 0 bridgehead atoms. The van der Waals surface area contributed by atoms with Crippen molar-refractivity contribution < 1.29 is 9.90 Å². The van der Waals surface area contributed by atoms with Crippen LogP contribution < -0.4 is 10.6 Å². The highest BCUT2D eigenvalue weighted by molar-refractivity contribution is 5.82. The number of amides is 1. The minimum atomic E-state index is -0.367. The summed E-state index contributed by atoms with van der Waals surface area (Å²) in [5, 5.41) is 16.1. The number of piperidine rings is 1. The molecule has 4 heteroatoms. The third-order valence-electron chi connectivity index (χ3n) is 4.41. The fourth-order valence-electron chi connectivity index (χ4n) is 3.38. The zero-order valence-electron chi connectivity index (χ0n) is 11.4. The molecule has 3 atom stereocenters. The number of aliphatic hydroxyl groups excluding tert-OH is 1. The Morgan fingerprint density at radius 2 is 2.22 bits per heavy atom. The summed E-state index contributed by atoms with van der Waals surface area (Å²) in [5.41, 5.74) is -0.367. The predicted molar refractivity (Wildman–Crippen MR) is 71.2 cm³/mol. The first-order valence-corrected chi connectivity index (χ1v) is 7.31. The van der Waals surface area contributed by atoms with Crippen LogP contribution in [0.2, 0.25) is 0 Å². The third kappa shape index (κ3) is 3.23. The lowest BCUT2D eigenvalue weighted by atomic mass is 9.76. The van der Waals surface area contributed by atoms with Crippen LogP contribution in [0.3, 0.4) is 0 Å². The van der Waals surface area contributed by atoms with Crippen molar-refractivity contribution in [1.82, 2.24) is 10.6 Å². The van der Waals surface area contributed by atoms with Gasteiger partial charge in [0.25, 0.3) is 0 Å². The molecule has 0 radical (unpaired) electrons. The first kappa shape index (κ1) is 13.8. The van der Waals surface area contributed by atoms with Gasteiger partial charge in [-0.3, -0.25) is 4.79 Å². The second-order valence-corrected chi connectivity index (χ2v) is 6.13. The SMILES string of the molecule is CC1CCCC(CO)(NC(=O)C2CCCCN2)C1. The van der Waals surface area contributed by atoms with Crippen molar-refractivity contribution >= 4 is 5.91 Å². The van der Waals surface area contributed by atoms with E-state index in [1.165, 1.54) is 6.42 Å². The molecule has 1 heterocycles. The summed E-state index contributed by atoms with van der Waals surface area (Å²) in [4.78, 5) is 12.3. The van der Waals surface area contributed by atoms with Gasteiger partial charge in [-0.05, 0) is 38.1 Å². The van der Waals surface area contributed by atoms with Crippen molar-refractivity contribution in [2.75, 3.05) is 13.2 Å². The Hall–Kier alpha value is -0.610.